The Morgan fingerprint density at radius 3 is 2.67 bits per heavy atom. The molecule has 0 atom stereocenters. The van der Waals surface area contributed by atoms with Crippen molar-refractivity contribution < 1.29 is 9.32 Å². The Bertz CT molecular complexity index is 689. The number of carbonyl (C=O) groups is 1. The van der Waals surface area contributed by atoms with Crippen LogP contribution in [0.1, 0.15) is 5.76 Å². The van der Waals surface area contributed by atoms with Crippen molar-refractivity contribution in [1.82, 2.24) is 10.5 Å². The summed E-state index contributed by atoms with van der Waals surface area (Å²) >= 11 is 3.39. The Labute approximate surface area is 130 Å². The highest BCUT2D eigenvalue weighted by atomic mass is 79.9. The topological polar surface area (TPSA) is 55.1 Å². The fraction of sp³-hybridized carbons (Fsp3) is 0.125. The van der Waals surface area contributed by atoms with Gasteiger partial charge in [0.15, 0.2) is 5.76 Å². The van der Waals surface area contributed by atoms with Crippen molar-refractivity contribution in [2.45, 2.75) is 6.54 Å². The van der Waals surface area contributed by atoms with E-state index in [1.165, 1.54) is 0 Å². The van der Waals surface area contributed by atoms with E-state index in [1.807, 2.05) is 54.6 Å². The summed E-state index contributed by atoms with van der Waals surface area (Å²) in [5, 5.41) is 6.85. The third-order valence-electron chi connectivity index (χ3n) is 3.19. The molecule has 0 saturated heterocycles. The molecule has 0 spiro atoms. The highest BCUT2D eigenvalue weighted by Gasteiger charge is 2.14. The molecule has 1 heterocycles. The molecule has 5 heteroatoms. The first kappa shape index (κ1) is 13.8. The van der Waals surface area contributed by atoms with Crippen molar-refractivity contribution in [2.75, 3.05) is 0 Å². The third-order valence-corrected chi connectivity index (χ3v) is 3.72. The first-order chi connectivity index (χ1) is 10.2. The number of rotatable bonds is 4. The van der Waals surface area contributed by atoms with Gasteiger partial charge in [-0.2, -0.15) is 0 Å². The maximum Gasteiger partial charge on any atom is 0.231 e. The normalized spacial score (nSPS) is 13.8. The minimum atomic E-state index is -0.182. The lowest BCUT2D eigenvalue weighted by atomic mass is 10.1. The second kappa shape index (κ2) is 6.10. The molecule has 1 aliphatic carbocycles. The number of hydrogen-bond donors (Lipinski definition) is 1. The van der Waals surface area contributed by atoms with Gasteiger partial charge in [0, 0.05) is 16.1 Å². The van der Waals surface area contributed by atoms with E-state index in [-0.39, 0.29) is 11.8 Å². The van der Waals surface area contributed by atoms with Crippen LogP contribution < -0.4 is 5.32 Å². The summed E-state index contributed by atoms with van der Waals surface area (Å²) in [5.41, 5.74) is 1.73. The lowest BCUT2D eigenvalue weighted by Gasteiger charge is -2.05. The molecule has 21 heavy (non-hydrogen) atoms. The summed E-state index contributed by atoms with van der Waals surface area (Å²) in [4.78, 5) is 11.9. The van der Waals surface area contributed by atoms with Gasteiger partial charge in [0.25, 0.3) is 0 Å². The van der Waals surface area contributed by atoms with E-state index < -0.39 is 0 Å². The number of hydrogen-bond acceptors (Lipinski definition) is 3. The van der Waals surface area contributed by atoms with Crippen LogP contribution in [0.25, 0.3) is 11.3 Å². The standard InChI is InChI=1S/C16H13BrN2O2/c17-13-7-5-11(6-8-13)15-9-14(21-19-15)10-18-16(20)12-3-1-2-4-12/h1-9,12H,10H2,(H,18,20). The quantitative estimate of drug-likeness (QED) is 0.923. The fourth-order valence-corrected chi connectivity index (χ4v) is 2.32. The number of allylic oxidation sites excluding steroid dienone is 2. The molecule has 1 aromatic carbocycles. The Morgan fingerprint density at radius 1 is 1.24 bits per heavy atom. The van der Waals surface area contributed by atoms with E-state index in [9.17, 15) is 4.79 Å². The summed E-state index contributed by atoms with van der Waals surface area (Å²) in [6, 6.07) is 9.65. The Balaban J connectivity index is 1.62. The molecule has 0 saturated carbocycles. The number of aromatic nitrogens is 1. The van der Waals surface area contributed by atoms with E-state index in [0.29, 0.717) is 12.3 Å². The minimum absolute atomic E-state index is 0.0402. The predicted octanol–water partition coefficient (Wildman–Crippen LogP) is 3.46. The Morgan fingerprint density at radius 2 is 1.95 bits per heavy atom. The summed E-state index contributed by atoms with van der Waals surface area (Å²) in [6.07, 6.45) is 7.43. The van der Waals surface area contributed by atoms with Gasteiger partial charge in [0.05, 0.1) is 12.5 Å². The van der Waals surface area contributed by atoms with Gasteiger partial charge in [-0.05, 0) is 12.1 Å². The molecule has 1 amide bonds. The molecule has 1 aliphatic rings. The number of benzene rings is 1. The van der Waals surface area contributed by atoms with E-state index in [4.69, 9.17) is 4.52 Å². The molecule has 0 aliphatic heterocycles. The van der Waals surface area contributed by atoms with Crippen molar-refractivity contribution in [1.29, 1.82) is 0 Å². The third kappa shape index (κ3) is 3.31. The van der Waals surface area contributed by atoms with Crippen LogP contribution in [0, 0.1) is 5.92 Å². The average molecular weight is 345 g/mol. The largest absolute Gasteiger partial charge is 0.359 e. The van der Waals surface area contributed by atoms with Gasteiger partial charge in [-0.3, -0.25) is 4.79 Å². The van der Waals surface area contributed by atoms with Crippen LogP contribution in [-0.4, -0.2) is 11.1 Å². The first-order valence-corrected chi connectivity index (χ1v) is 7.36. The predicted molar refractivity (Wildman–Crippen MR) is 83.3 cm³/mol. The van der Waals surface area contributed by atoms with Gasteiger partial charge in [0.2, 0.25) is 5.91 Å². The number of amides is 1. The fourth-order valence-electron chi connectivity index (χ4n) is 2.05. The second-order valence-corrected chi connectivity index (χ2v) is 5.61. The number of nitrogens with zero attached hydrogens (tertiary/aromatic N) is 1. The van der Waals surface area contributed by atoms with Crippen molar-refractivity contribution in [3.8, 4) is 11.3 Å². The number of carbonyl (C=O) groups excluding carboxylic acids is 1. The molecule has 106 valence electrons. The van der Waals surface area contributed by atoms with Gasteiger partial charge in [0.1, 0.15) is 5.69 Å². The van der Waals surface area contributed by atoms with Crippen molar-refractivity contribution >= 4 is 21.8 Å². The summed E-state index contributed by atoms with van der Waals surface area (Å²) in [5.74, 6) is 0.410. The lowest BCUT2D eigenvalue weighted by molar-refractivity contribution is -0.122. The maximum absolute atomic E-state index is 11.9. The lowest BCUT2D eigenvalue weighted by Crippen LogP contribution is -2.27. The SMILES string of the molecule is O=C(NCc1cc(-c2ccc(Br)cc2)no1)C1C=CC=C1. The van der Waals surface area contributed by atoms with Crippen LogP contribution in [-0.2, 0) is 11.3 Å². The van der Waals surface area contributed by atoms with Crippen LogP contribution >= 0.6 is 15.9 Å². The first-order valence-electron chi connectivity index (χ1n) is 6.56. The highest BCUT2D eigenvalue weighted by Crippen LogP contribution is 2.21. The summed E-state index contributed by atoms with van der Waals surface area (Å²) in [6.45, 7) is 0.334. The van der Waals surface area contributed by atoms with Crippen LogP contribution in [0.4, 0.5) is 0 Å². The van der Waals surface area contributed by atoms with Crippen molar-refractivity contribution in [3.05, 3.63) is 64.9 Å². The van der Waals surface area contributed by atoms with Crippen LogP contribution in [0.3, 0.4) is 0 Å². The Kier molecular flexibility index (Phi) is 4.01. The van der Waals surface area contributed by atoms with Gasteiger partial charge in [-0.15, -0.1) is 0 Å². The smallest absolute Gasteiger partial charge is 0.231 e. The van der Waals surface area contributed by atoms with E-state index in [0.717, 1.165) is 15.7 Å². The molecular weight excluding hydrogens is 332 g/mol. The molecule has 0 radical (unpaired) electrons. The van der Waals surface area contributed by atoms with E-state index in [2.05, 4.69) is 26.4 Å². The molecule has 1 aromatic heterocycles. The minimum Gasteiger partial charge on any atom is -0.359 e. The van der Waals surface area contributed by atoms with Gasteiger partial charge >= 0.3 is 0 Å². The summed E-state index contributed by atoms with van der Waals surface area (Å²) in [7, 11) is 0. The Hall–Kier alpha value is -2.14. The highest BCUT2D eigenvalue weighted by molar-refractivity contribution is 9.10. The van der Waals surface area contributed by atoms with Crippen LogP contribution in [0.5, 0.6) is 0 Å². The zero-order chi connectivity index (χ0) is 14.7. The molecule has 2 aromatic rings. The van der Waals surface area contributed by atoms with Crippen molar-refractivity contribution in [3.63, 3.8) is 0 Å². The number of nitrogens with one attached hydrogen (secondary N) is 1. The molecular formula is C16H13BrN2O2. The van der Waals surface area contributed by atoms with Crippen LogP contribution in [0.15, 0.2) is 63.6 Å². The molecule has 3 rings (SSSR count). The summed E-state index contributed by atoms with van der Waals surface area (Å²) < 4.78 is 6.26. The molecule has 4 nitrogen and oxygen atoms in total. The molecule has 0 fully saturated rings. The molecule has 0 bridgehead atoms. The van der Waals surface area contributed by atoms with Crippen LogP contribution in [0.2, 0.25) is 0 Å². The van der Waals surface area contributed by atoms with Gasteiger partial charge < -0.3 is 9.84 Å². The second-order valence-electron chi connectivity index (χ2n) is 4.70. The maximum atomic E-state index is 11.9. The molecule has 0 unspecified atom stereocenters. The zero-order valence-electron chi connectivity index (χ0n) is 11.1. The molecule has 1 N–H and O–H groups in total. The van der Waals surface area contributed by atoms with E-state index >= 15 is 0 Å². The van der Waals surface area contributed by atoms with E-state index in [1.54, 1.807) is 0 Å². The zero-order valence-corrected chi connectivity index (χ0v) is 12.7. The van der Waals surface area contributed by atoms with Gasteiger partial charge in [-0.1, -0.05) is 57.5 Å². The van der Waals surface area contributed by atoms with Gasteiger partial charge in [-0.25, -0.2) is 0 Å². The monoisotopic (exact) mass is 344 g/mol. The number of halogens is 1. The average Bonchev–Trinajstić information content (AvgIpc) is 3.17. The van der Waals surface area contributed by atoms with Crippen molar-refractivity contribution in [2.24, 2.45) is 5.92 Å².